The molecule has 26 heavy (non-hydrogen) atoms. The SMILES string of the molecule is CC(C)(C)N(Cc1ncc(Nc2ccc(F)cc2C#N)cc1F)C(=O)O. The lowest BCUT2D eigenvalue weighted by atomic mass is 10.1. The molecular formula is C18H18F2N4O2. The smallest absolute Gasteiger partial charge is 0.408 e. The summed E-state index contributed by atoms with van der Waals surface area (Å²) in [5.41, 5.74) is -0.101. The molecule has 0 bridgehead atoms. The number of carboxylic acid groups (broad SMARTS) is 1. The third-order valence-corrected chi connectivity index (χ3v) is 3.65. The Labute approximate surface area is 149 Å². The number of aromatic nitrogens is 1. The molecule has 2 N–H and O–H groups in total. The molecule has 0 fully saturated rings. The summed E-state index contributed by atoms with van der Waals surface area (Å²) in [6.45, 7) is 4.90. The Hall–Kier alpha value is -3.21. The normalized spacial score (nSPS) is 10.9. The van der Waals surface area contributed by atoms with Crippen LogP contribution in [-0.4, -0.2) is 26.6 Å². The lowest BCUT2D eigenvalue weighted by Gasteiger charge is -2.32. The Morgan fingerprint density at radius 2 is 2.04 bits per heavy atom. The molecule has 6 nitrogen and oxygen atoms in total. The summed E-state index contributed by atoms with van der Waals surface area (Å²) in [5.74, 6) is -1.24. The first-order valence-corrected chi connectivity index (χ1v) is 7.73. The number of carbonyl (C=O) groups is 1. The summed E-state index contributed by atoms with van der Waals surface area (Å²) < 4.78 is 27.5. The largest absolute Gasteiger partial charge is 0.465 e. The van der Waals surface area contributed by atoms with Gasteiger partial charge in [-0.15, -0.1) is 0 Å². The molecule has 0 radical (unpaired) electrons. The second kappa shape index (κ2) is 7.35. The van der Waals surface area contributed by atoms with Crippen LogP contribution >= 0.6 is 0 Å². The standard InChI is InChI=1S/C18H18F2N4O2/c1-18(2,3)24(17(25)26)10-16-14(20)7-13(9-22-16)23-15-5-4-12(19)6-11(15)8-21/h4-7,9,23H,10H2,1-3H3,(H,25,26). The van der Waals surface area contributed by atoms with Crippen molar-refractivity contribution in [2.45, 2.75) is 32.9 Å². The molecule has 1 aromatic heterocycles. The summed E-state index contributed by atoms with van der Waals surface area (Å²) in [4.78, 5) is 16.4. The van der Waals surface area contributed by atoms with Crippen molar-refractivity contribution in [3.05, 3.63) is 53.4 Å². The van der Waals surface area contributed by atoms with Crippen LogP contribution < -0.4 is 5.32 Å². The van der Waals surface area contributed by atoms with Crippen molar-refractivity contribution in [2.24, 2.45) is 0 Å². The van der Waals surface area contributed by atoms with E-state index in [-0.39, 0.29) is 23.5 Å². The highest BCUT2D eigenvalue weighted by molar-refractivity contribution is 5.67. The van der Waals surface area contributed by atoms with Gasteiger partial charge in [-0.2, -0.15) is 5.26 Å². The molecule has 1 aromatic carbocycles. The molecular weight excluding hydrogens is 342 g/mol. The number of rotatable bonds is 4. The Kier molecular flexibility index (Phi) is 5.41. The van der Waals surface area contributed by atoms with Crippen molar-refractivity contribution < 1.29 is 18.7 Å². The Morgan fingerprint density at radius 1 is 1.35 bits per heavy atom. The molecule has 1 amide bonds. The van der Waals surface area contributed by atoms with E-state index < -0.39 is 23.3 Å². The van der Waals surface area contributed by atoms with Crippen LogP contribution in [0.2, 0.25) is 0 Å². The summed E-state index contributed by atoms with van der Waals surface area (Å²) in [6, 6.07) is 6.60. The predicted octanol–water partition coefficient (Wildman–Crippen LogP) is 4.25. The first-order chi connectivity index (χ1) is 12.1. The van der Waals surface area contributed by atoms with E-state index in [9.17, 15) is 18.7 Å². The van der Waals surface area contributed by atoms with E-state index in [1.807, 2.05) is 6.07 Å². The molecule has 0 spiro atoms. The number of halogens is 2. The summed E-state index contributed by atoms with van der Waals surface area (Å²) in [7, 11) is 0. The average Bonchev–Trinajstić information content (AvgIpc) is 2.54. The van der Waals surface area contributed by atoms with E-state index in [2.05, 4.69) is 10.3 Å². The molecule has 0 aliphatic heterocycles. The second-order valence-corrected chi connectivity index (χ2v) is 6.62. The van der Waals surface area contributed by atoms with Gasteiger partial charge in [-0.1, -0.05) is 0 Å². The van der Waals surface area contributed by atoms with Gasteiger partial charge in [0.1, 0.15) is 17.7 Å². The number of amides is 1. The van der Waals surface area contributed by atoms with Gasteiger partial charge in [0.25, 0.3) is 0 Å². The van der Waals surface area contributed by atoms with Gasteiger partial charge in [-0.3, -0.25) is 9.88 Å². The van der Waals surface area contributed by atoms with Gasteiger partial charge in [-0.05, 0) is 39.0 Å². The minimum atomic E-state index is -1.18. The maximum absolute atomic E-state index is 14.4. The first kappa shape index (κ1) is 19.1. The molecule has 0 atom stereocenters. The molecule has 0 aliphatic rings. The molecule has 2 rings (SSSR count). The fraction of sp³-hybridized carbons (Fsp3) is 0.278. The molecule has 0 saturated carbocycles. The van der Waals surface area contributed by atoms with Crippen LogP contribution in [0.15, 0.2) is 30.5 Å². The van der Waals surface area contributed by atoms with E-state index >= 15 is 0 Å². The highest BCUT2D eigenvalue weighted by atomic mass is 19.1. The molecule has 2 aromatic rings. The fourth-order valence-electron chi connectivity index (χ4n) is 2.27. The highest BCUT2D eigenvalue weighted by Gasteiger charge is 2.27. The number of nitriles is 1. The monoisotopic (exact) mass is 360 g/mol. The number of hydrogen-bond donors (Lipinski definition) is 2. The van der Waals surface area contributed by atoms with Gasteiger partial charge in [0.05, 0.1) is 35.4 Å². The minimum absolute atomic E-state index is 0.0208. The van der Waals surface area contributed by atoms with Gasteiger partial charge in [-0.25, -0.2) is 13.6 Å². The third-order valence-electron chi connectivity index (χ3n) is 3.65. The predicted molar refractivity (Wildman–Crippen MR) is 91.9 cm³/mol. The van der Waals surface area contributed by atoms with Crippen molar-refractivity contribution >= 4 is 17.5 Å². The topological polar surface area (TPSA) is 89.3 Å². The van der Waals surface area contributed by atoms with Crippen LogP contribution in [0.4, 0.5) is 25.0 Å². The third kappa shape index (κ3) is 4.45. The molecule has 1 heterocycles. The number of anilines is 2. The van der Waals surface area contributed by atoms with Gasteiger partial charge < -0.3 is 10.4 Å². The maximum Gasteiger partial charge on any atom is 0.408 e. The maximum atomic E-state index is 14.4. The van der Waals surface area contributed by atoms with Crippen molar-refractivity contribution in [3.8, 4) is 6.07 Å². The average molecular weight is 360 g/mol. The zero-order valence-corrected chi connectivity index (χ0v) is 14.5. The lowest BCUT2D eigenvalue weighted by Crippen LogP contribution is -2.44. The zero-order valence-electron chi connectivity index (χ0n) is 14.5. The fourth-order valence-corrected chi connectivity index (χ4v) is 2.27. The van der Waals surface area contributed by atoms with Crippen LogP contribution in [0.5, 0.6) is 0 Å². The van der Waals surface area contributed by atoms with E-state index in [0.717, 1.165) is 17.0 Å². The van der Waals surface area contributed by atoms with Gasteiger partial charge in [0, 0.05) is 11.6 Å². The Morgan fingerprint density at radius 3 is 2.58 bits per heavy atom. The number of hydrogen-bond acceptors (Lipinski definition) is 4. The van der Waals surface area contributed by atoms with Crippen molar-refractivity contribution in [1.82, 2.24) is 9.88 Å². The second-order valence-electron chi connectivity index (χ2n) is 6.62. The van der Waals surface area contributed by atoms with Crippen LogP contribution in [0.25, 0.3) is 0 Å². The number of pyridine rings is 1. The molecule has 0 unspecified atom stereocenters. The number of nitrogens with zero attached hydrogens (tertiary/aromatic N) is 3. The van der Waals surface area contributed by atoms with Crippen LogP contribution in [0.1, 0.15) is 32.0 Å². The quantitative estimate of drug-likeness (QED) is 0.851. The lowest BCUT2D eigenvalue weighted by molar-refractivity contribution is 0.0939. The van der Waals surface area contributed by atoms with Gasteiger partial charge in [0.2, 0.25) is 0 Å². The molecule has 0 saturated heterocycles. The van der Waals surface area contributed by atoms with Crippen molar-refractivity contribution in [3.63, 3.8) is 0 Å². The Bertz CT molecular complexity index is 872. The highest BCUT2D eigenvalue weighted by Crippen LogP contribution is 2.23. The van der Waals surface area contributed by atoms with Crippen LogP contribution in [0, 0.1) is 23.0 Å². The minimum Gasteiger partial charge on any atom is -0.465 e. The first-order valence-electron chi connectivity index (χ1n) is 7.73. The number of benzene rings is 1. The van der Waals surface area contributed by atoms with E-state index in [1.165, 1.54) is 18.3 Å². The zero-order chi connectivity index (χ0) is 19.5. The van der Waals surface area contributed by atoms with E-state index in [1.54, 1.807) is 20.8 Å². The molecule has 8 heteroatoms. The van der Waals surface area contributed by atoms with Crippen LogP contribution in [-0.2, 0) is 6.54 Å². The summed E-state index contributed by atoms with van der Waals surface area (Å²) >= 11 is 0. The molecule has 136 valence electrons. The van der Waals surface area contributed by atoms with Gasteiger partial charge in [0.15, 0.2) is 0 Å². The van der Waals surface area contributed by atoms with E-state index in [4.69, 9.17) is 5.26 Å². The number of nitrogens with one attached hydrogen (secondary N) is 1. The summed E-state index contributed by atoms with van der Waals surface area (Å²) in [6.07, 6.45) is 0.150. The van der Waals surface area contributed by atoms with Crippen molar-refractivity contribution in [1.29, 1.82) is 5.26 Å². The van der Waals surface area contributed by atoms with Gasteiger partial charge >= 0.3 is 6.09 Å². The summed E-state index contributed by atoms with van der Waals surface area (Å²) in [5, 5.41) is 21.1. The Balaban J connectivity index is 2.25. The van der Waals surface area contributed by atoms with Crippen LogP contribution in [0.3, 0.4) is 0 Å². The van der Waals surface area contributed by atoms with Crippen molar-refractivity contribution in [2.75, 3.05) is 5.32 Å². The van der Waals surface area contributed by atoms with E-state index in [0.29, 0.717) is 5.69 Å². The molecule has 0 aliphatic carbocycles.